The number of hydrogen-bond donors (Lipinski definition) is 0. The molecule has 1 saturated heterocycles. The van der Waals surface area contributed by atoms with Gasteiger partial charge < -0.3 is 4.74 Å². The Bertz CT molecular complexity index is 1800. The van der Waals surface area contributed by atoms with Crippen molar-refractivity contribution in [3.05, 3.63) is 58.9 Å². The van der Waals surface area contributed by atoms with E-state index in [1.165, 1.54) is 18.8 Å². The van der Waals surface area contributed by atoms with Gasteiger partial charge in [-0.1, -0.05) is 37.9 Å². The molecule has 2 atom stereocenters. The molecule has 0 unspecified atom stereocenters. The number of carbonyl (C=O) groups excluding carboxylic acids is 1. The maximum atomic E-state index is 15.8. The monoisotopic (exact) mass is 628 g/mol. The molecule has 0 radical (unpaired) electrons. The van der Waals surface area contributed by atoms with Crippen LogP contribution >= 0.6 is 11.6 Å². The minimum Gasteiger partial charge on any atom is -0.482 e. The van der Waals surface area contributed by atoms with E-state index in [4.69, 9.17) is 26.4 Å². The van der Waals surface area contributed by atoms with Gasteiger partial charge in [0, 0.05) is 42.5 Å². The minimum atomic E-state index is -1.07. The van der Waals surface area contributed by atoms with Crippen molar-refractivity contribution in [2.45, 2.75) is 70.8 Å². The van der Waals surface area contributed by atoms with Crippen LogP contribution < -0.4 is 9.64 Å². The molecule has 7 rings (SSSR count). The van der Waals surface area contributed by atoms with Crippen LogP contribution in [-0.4, -0.2) is 67.4 Å². The highest BCUT2D eigenvalue weighted by atomic mass is 35.5. The molecule has 3 aliphatic rings. The summed E-state index contributed by atoms with van der Waals surface area (Å²) in [6.07, 6.45) is 8.38. The second kappa shape index (κ2) is 12.0. The number of nitriles is 1. The van der Waals surface area contributed by atoms with E-state index in [9.17, 15) is 10.1 Å². The number of rotatable bonds is 7. The van der Waals surface area contributed by atoms with Gasteiger partial charge in [0.15, 0.2) is 12.3 Å². The van der Waals surface area contributed by atoms with Crippen LogP contribution in [0.5, 0.6) is 5.75 Å². The zero-order chi connectivity index (χ0) is 31.2. The number of benzene rings is 1. The van der Waals surface area contributed by atoms with Crippen LogP contribution in [0.3, 0.4) is 0 Å². The fourth-order valence-electron chi connectivity index (χ4n) is 6.67. The molecule has 2 fully saturated rings. The van der Waals surface area contributed by atoms with Gasteiger partial charge in [-0.25, -0.2) is 24.0 Å². The molecule has 10 nitrogen and oxygen atoms in total. The van der Waals surface area contributed by atoms with Gasteiger partial charge in [-0.3, -0.25) is 14.6 Å². The Labute approximate surface area is 265 Å². The van der Waals surface area contributed by atoms with Crippen LogP contribution in [0.1, 0.15) is 62.7 Å². The summed E-state index contributed by atoms with van der Waals surface area (Å²) in [6, 6.07) is 8.00. The van der Waals surface area contributed by atoms with Gasteiger partial charge in [-0.05, 0) is 49.3 Å². The summed E-state index contributed by atoms with van der Waals surface area (Å²) in [7, 11) is 0. The largest absolute Gasteiger partial charge is 0.482 e. The average molecular weight is 629 g/mol. The number of likely N-dealkylation sites (tertiary alicyclic amines) is 1. The number of carbonyl (C=O) groups is 1. The van der Waals surface area contributed by atoms with Crippen molar-refractivity contribution in [3.8, 4) is 22.9 Å². The number of fused-ring (bicyclic) bond motifs is 2. The van der Waals surface area contributed by atoms with Crippen molar-refractivity contribution in [1.29, 1.82) is 5.26 Å². The fraction of sp³-hybridized carbons (Fsp3) is 0.455. The first-order valence-corrected chi connectivity index (χ1v) is 15.9. The molecular weight excluding hydrogens is 595 g/mol. The summed E-state index contributed by atoms with van der Waals surface area (Å²) in [6.45, 7) is 5.41. The molecule has 232 valence electrons. The Hall–Kier alpha value is -4.14. The molecule has 45 heavy (non-hydrogen) atoms. The number of alkyl halides is 1. The normalized spacial score (nSPS) is 20.6. The van der Waals surface area contributed by atoms with Crippen LogP contribution in [0.15, 0.2) is 36.8 Å². The lowest BCUT2D eigenvalue weighted by Gasteiger charge is -2.43. The van der Waals surface area contributed by atoms with E-state index >= 15 is 4.39 Å². The summed E-state index contributed by atoms with van der Waals surface area (Å²) in [5, 5.41) is 16.2. The molecule has 1 aliphatic carbocycles. The average Bonchev–Trinajstić information content (AvgIpc) is 3.40. The predicted molar refractivity (Wildman–Crippen MR) is 168 cm³/mol. The maximum Gasteiger partial charge on any atom is 0.265 e. The van der Waals surface area contributed by atoms with Crippen LogP contribution in [0.25, 0.3) is 22.2 Å². The molecule has 1 amide bonds. The van der Waals surface area contributed by atoms with E-state index in [2.05, 4.69) is 34.8 Å². The molecule has 0 N–H and O–H groups in total. The van der Waals surface area contributed by atoms with Crippen molar-refractivity contribution < 1.29 is 13.9 Å². The molecule has 4 aromatic rings. The minimum absolute atomic E-state index is 0.144. The molecular formula is C33H34ClFN8O2. The van der Waals surface area contributed by atoms with Crippen LogP contribution in [0.4, 0.5) is 10.1 Å². The second-order valence-electron chi connectivity index (χ2n) is 12.6. The first-order valence-electron chi connectivity index (χ1n) is 15.5. The number of pyridine rings is 1. The smallest absolute Gasteiger partial charge is 0.265 e. The van der Waals surface area contributed by atoms with Gasteiger partial charge in [-0.15, -0.1) is 0 Å². The van der Waals surface area contributed by atoms with Crippen molar-refractivity contribution in [1.82, 2.24) is 29.6 Å². The number of amides is 1. The quantitative estimate of drug-likeness (QED) is 0.257. The molecule has 3 aromatic heterocycles. The standard InChI is InChI=1S/C33H34ClFN8O2/c1-19(2)10-26-23(12-36)32(24-15-39-43(33(24)40-26)27-8-9-41(16-25(27)35)22-4-3-5-22)20-6-7-28-29(11-20)45-18-31(44)42(28)17-30-37-13-21(34)14-38-30/h6-7,11,13-15,19,22,25,27H,3-5,8-10,16-18H2,1-2H3/t25-,27+/m1/s1. The number of halogens is 2. The summed E-state index contributed by atoms with van der Waals surface area (Å²) >= 11 is 5.94. The van der Waals surface area contributed by atoms with Crippen molar-refractivity contribution in [2.24, 2.45) is 5.92 Å². The van der Waals surface area contributed by atoms with Gasteiger partial charge in [0.25, 0.3) is 5.91 Å². The van der Waals surface area contributed by atoms with E-state index in [0.29, 0.717) is 75.6 Å². The molecule has 0 bridgehead atoms. The van der Waals surface area contributed by atoms with Crippen molar-refractivity contribution in [2.75, 3.05) is 24.6 Å². The first kappa shape index (κ1) is 29.6. The highest BCUT2D eigenvalue weighted by Gasteiger charge is 2.37. The molecule has 1 aromatic carbocycles. The van der Waals surface area contributed by atoms with Crippen molar-refractivity contribution >= 4 is 34.2 Å². The summed E-state index contributed by atoms with van der Waals surface area (Å²) in [5.74, 6) is 0.970. The summed E-state index contributed by atoms with van der Waals surface area (Å²) in [5.41, 5.74) is 3.70. The van der Waals surface area contributed by atoms with Gasteiger partial charge in [-0.2, -0.15) is 10.4 Å². The lowest BCUT2D eigenvalue weighted by Crippen LogP contribution is -2.49. The zero-order valence-corrected chi connectivity index (χ0v) is 26.0. The highest BCUT2D eigenvalue weighted by Crippen LogP contribution is 2.41. The third kappa shape index (κ3) is 5.51. The first-order chi connectivity index (χ1) is 21.8. The van der Waals surface area contributed by atoms with Crippen LogP contribution in [0, 0.1) is 17.2 Å². The number of hydrogen-bond acceptors (Lipinski definition) is 8. The number of piperidine rings is 1. The van der Waals surface area contributed by atoms with Gasteiger partial charge >= 0.3 is 0 Å². The molecule has 1 saturated carbocycles. The van der Waals surface area contributed by atoms with Crippen LogP contribution in [-0.2, 0) is 17.8 Å². The highest BCUT2D eigenvalue weighted by molar-refractivity contribution is 6.30. The SMILES string of the molecule is CC(C)Cc1nc2c(cnn2[C@H]2CCN(C3CCC3)C[C@H]2F)c(-c2ccc3c(c2)OCC(=O)N3Cc2ncc(Cl)cn2)c1C#N. The van der Waals surface area contributed by atoms with E-state index in [0.717, 1.165) is 24.9 Å². The number of nitrogens with zero attached hydrogens (tertiary/aromatic N) is 8. The zero-order valence-electron chi connectivity index (χ0n) is 25.3. The topological polar surface area (TPSA) is 113 Å². The Kier molecular flexibility index (Phi) is 7.88. The second-order valence-corrected chi connectivity index (χ2v) is 13.0. The fourth-order valence-corrected chi connectivity index (χ4v) is 6.77. The van der Waals surface area contributed by atoms with E-state index in [1.807, 2.05) is 18.2 Å². The van der Waals surface area contributed by atoms with Gasteiger partial charge in [0.1, 0.15) is 23.8 Å². The van der Waals surface area contributed by atoms with E-state index < -0.39 is 12.2 Å². The lowest BCUT2D eigenvalue weighted by atomic mass is 9.89. The van der Waals surface area contributed by atoms with Crippen LogP contribution in [0.2, 0.25) is 5.02 Å². The van der Waals surface area contributed by atoms with Gasteiger partial charge in [0.2, 0.25) is 0 Å². The van der Waals surface area contributed by atoms with E-state index in [-0.39, 0.29) is 25.0 Å². The summed E-state index contributed by atoms with van der Waals surface area (Å²) in [4.78, 5) is 30.2. The Balaban J connectivity index is 1.29. The number of anilines is 1. The Morgan fingerprint density at radius 1 is 1.18 bits per heavy atom. The Morgan fingerprint density at radius 2 is 1.98 bits per heavy atom. The van der Waals surface area contributed by atoms with E-state index in [1.54, 1.807) is 15.8 Å². The van der Waals surface area contributed by atoms with Gasteiger partial charge in [0.05, 0.1) is 40.8 Å². The Morgan fingerprint density at radius 3 is 2.67 bits per heavy atom. The number of aromatic nitrogens is 5. The molecule has 5 heterocycles. The molecule has 0 spiro atoms. The maximum absolute atomic E-state index is 15.8. The third-order valence-corrected chi connectivity index (χ3v) is 9.34. The molecule has 12 heteroatoms. The molecule has 2 aliphatic heterocycles. The predicted octanol–water partition coefficient (Wildman–Crippen LogP) is 5.67. The lowest BCUT2D eigenvalue weighted by molar-refractivity contribution is -0.121. The summed E-state index contributed by atoms with van der Waals surface area (Å²) < 4.78 is 23.4. The third-order valence-electron chi connectivity index (χ3n) is 9.14. The van der Waals surface area contributed by atoms with Crippen molar-refractivity contribution in [3.63, 3.8) is 0 Å². The number of ether oxygens (including phenoxy) is 1.